The molecule has 11 heteroatoms. The topological polar surface area (TPSA) is 93.3 Å². The van der Waals surface area contributed by atoms with Crippen molar-refractivity contribution in [3.63, 3.8) is 0 Å². The number of hydrogen-bond donors (Lipinski definition) is 2. The number of anilines is 1. The molecule has 2 aliphatic rings. The van der Waals surface area contributed by atoms with Crippen LogP contribution in [0.4, 0.5) is 23.7 Å². The van der Waals surface area contributed by atoms with Crippen molar-refractivity contribution in [1.82, 2.24) is 14.5 Å². The standard InChI is InChI=1S/C18H17ClF3N5O2/c19-14-13(16(23)28)11-8-26(5-6-27(11)15(14)9-1-2-9)17(29)25-10-3-4-12(24-7-10)18(20,21)22/h3-4,7,9H,1-2,5-6,8H2,(H2,23,28)(H,25,29). The lowest BCUT2D eigenvalue weighted by Gasteiger charge is -2.30. The summed E-state index contributed by atoms with van der Waals surface area (Å²) in [4.78, 5) is 29.3. The minimum atomic E-state index is -4.55. The number of primary amides is 1. The van der Waals surface area contributed by atoms with E-state index in [-0.39, 0.29) is 17.8 Å². The summed E-state index contributed by atoms with van der Waals surface area (Å²) in [5.41, 5.74) is 6.30. The van der Waals surface area contributed by atoms with E-state index < -0.39 is 23.8 Å². The van der Waals surface area contributed by atoms with E-state index >= 15 is 0 Å². The van der Waals surface area contributed by atoms with Gasteiger partial charge >= 0.3 is 12.2 Å². The quantitative estimate of drug-likeness (QED) is 0.784. The Hall–Kier alpha value is -2.75. The van der Waals surface area contributed by atoms with Gasteiger partial charge in [-0.3, -0.25) is 4.79 Å². The fourth-order valence-corrected chi connectivity index (χ4v) is 4.03. The first-order valence-corrected chi connectivity index (χ1v) is 9.34. The van der Waals surface area contributed by atoms with Crippen LogP contribution in [-0.4, -0.2) is 32.9 Å². The number of fused-ring (bicyclic) bond motifs is 1. The molecule has 2 aromatic heterocycles. The normalized spacial score (nSPS) is 16.5. The average Bonchev–Trinajstić information content (AvgIpc) is 3.43. The Balaban J connectivity index is 1.53. The molecule has 4 rings (SSSR count). The lowest BCUT2D eigenvalue weighted by atomic mass is 10.2. The highest BCUT2D eigenvalue weighted by molar-refractivity contribution is 6.35. The molecule has 0 aromatic carbocycles. The maximum Gasteiger partial charge on any atom is 0.433 e. The molecule has 3 N–H and O–H groups in total. The van der Waals surface area contributed by atoms with Crippen LogP contribution in [0.15, 0.2) is 18.3 Å². The fourth-order valence-electron chi connectivity index (χ4n) is 3.57. The number of urea groups is 1. The van der Waals surface area contributed by atoms with E-state index in [9.17, 15) is 22.8 Å². The summed E-state index contributed by atoms with van der Waals surface area (Å²) in [6, 6.07) is 1.42. The van der Waals surface area contributed by atoms with Gasteiger partial charge in [0.05, 0.1) is 34.7 Å². The number of nitrogens with two attached hydrogens (primary N) is 1. The molecular formula is C18H17ClF3N5O2. The van der Waals surface area contributed by atoms with Gasteiger partial charge in [0.2, 0.25) is 0 Å². The number of rotatable bonds is 3. The second-order valence-corrected chi connectivity index (χ2v) is 7.47. The molecule has 1 aliphatic heterocycles. The van der Waals surface area contributed by atoms with Crippen LogP contribution >= 0.6 is 11.6 Å². The third kappa shape index (κ3) is 3.64. The van der Waals surface area contributed by atoms with E-state index in [1.165, 1.54) is 4.90 Å². The van der Waals surface area contributed by atoms with E-state index in [0.717, 1.165) is 36.9 Å². The van der Waals surface area contributed by atoms with Gasteiger partial charge in [-0.05, 0) is 25.0 Å². The highest BCUT2D eigenvalue weighted by Gasteiger charge is 2.37. The molecule has 7 nitrogen and oxygen atoms in total. The molecule has 0 unspecified atom stereocenters. The summed E-state index contributed by atoms with van der Waals surface area (Å²) in [5, 5.41) is 2.88. The second-order valence-electron chi connectivity index (χ2n) is 7.09. The first-order chi connectivity index (χ1) is 13.7. The van der Waals surface area contributed by atoms with Crippen LogP contribution in [0.3, 0.4) is 0 Å². The lowest BCUT2D eigenvalue weighted by Crippen LogP contribution is -2.41. The number of hydrogen-bond acceptors (Lipinski definition) is 3. The van der Waals surface area contributed by atoms with Crippen molar-refractivity contribution in [1.29, 1.82) is 0 Å². The van der Waals surface area contributed by atoms with Gasteiger partial charge in [-0.25, -0.2) is 9.78 Å². The monoisotopic (exact) mass is 427 g/mol. The van der Waals surface area contributed by atoms with Gasteiger partial charge in [0, 0.05) is 24.7 Å². The van der Waals surface area contributed by atoms with E-state index in [0.29, 0.717) is 29.7 Å². The minimum Gasteiger partial charge on any atom is -0.365 e. The number of amides is 3. The maximum absolute atomic E-state index is 12.6. The molecule has 0 atom stereocenters. The first kappa shape index (κ1) is 19.6. The van der Waals surface area contributed by atoms with Crippen LogP contribution in [0, 0.1) is 0 Å². The van der Waals surface area contributed by atoms with Gasteiger partial charge in [-0.2, -0.15) is 13.2 Å². The van der Waals surface area contributed by atoms with Gasteiger partial charge in [-0.15, -0.1) is 0 Å². The third-order valence-corrected chi connectivity index (χ3v) is 5.47. The predicted molar refractivity (Wildman–Crippen MR) is 98.6 cm³/mol. The Morgan fingerprint density at radius 2 is 1.97 bits per heavy atom. The van der Waals surface area contributed by atoms with Crippen molar-refractivity contribution in [2.24, 2.45) is 5.73 Å². The summed E-state index contributed by atoms with van der Waals surface area (Å²) in [7, 11) is 0. The van der Waals surface area contributed by atoms with Crippen LogP contribution in [0.2, 0.25) is 5.02 Å². The molecule has 1 aliphatic carbocycles. The van der Waals surface area contributed by atoms with Crippen LogP contribution in [0.25, 0.3) is 0 Å². The Kier molecular flexibility index (Phi) is 4.68. The van der Waals surface area contributed by atoms with E-state index in [2.05, 4.69) is 10.3 Å². The van der Waals surface area contributed by atoms with Crippen molar-refractivity contribution < 1.29 is 22.8 Å². The Morgan fingerprint density at radius 1 is 1.24 bits per heavy atom. The van der Waals surface area contributed by atoms with Crippen LogP contribution in [0.1, 0.15) is 46.2 Å². The van der Waals surface area contributed by atoms with Crippen LogP contribution < -0.4 is 11.1 Å². The zero-order chi connectivity index (χ0) is 20.9. The number of nitrogens with zero attached hydrogens (tertiary/aromatic N) is 3. The Bertz CT molecular complexity index is 983. The smallest absolute Gasteiger partial charge is 0.365 e. The number of carbonyl (C=O) groups is 2. The molecule has 0 bridgehead atoms. The number of alkyl halides is 3. The number of carbonyl (C=O) groups excluding carboxylic acids is 2. The Morgan fingerprint density at radius 3 is 2.52 bits per heavy atom. The molecular weight excluding hydrogens is 411 g/mol. The van der Waals surface area contributed by atoms with Gasteiger partial charge in [0.15, 0.2) is 0 Å². The summed E-state index contributed by atoms with van der Waals surface area (Å²) in [5.74, 6) is -0.354. The maximum atomic E-state index is 12.6. The van der Waals surface area contributed by atoms with Crippen molar-refractivity contribution in [3.05, 3.63) is 46.0 Å². The molecule has 3 heterocycles. The number of halogens is 4. The van der Waals surface area contributed by atoms with Gasteiger partial charge in [-0.1, -0.05) is 11.6 Å². The molecule has 2 aromatic rings. The third-order valence-electron chi connectivity index (χ3n) is 5.09. The first-order valence-electron chi connectivity index (χ1n) is 8.96. The van der Waals surface area contributed by atoms with Crippen LogP contribution in [-0.2, 0) is 19.3 Å². The van der Waals surface area contributed by atoms with Crippen molar-refractivity contribution >= 4 is 29.2 Å². The number of nitrogens with one attached hydrogen (secondary N) is 1. The summed E-state index contributed by atoms with van der Waals surface area (Å²) in [6.07, 6.45) is -1.62. The van der Waals surface area contributed by atoms with Crippen molar-refractivity contribution in [2.45, 2.75) is 38.0 Å². The molecule has 1 saturated carbocycles. The molecule has 3 amide bonds. The second kappa shape index (κ2) is 6.94. The Labute approximate surface area is 168 Å². The highest BCUT2D eigenvalue weighted by atomic mass is 35.5. The fraction of sp³-hybridized carbons (Fsp3) is 0.389. The average molecular weight is 428 g/mol. The van der Waals surface area contributed by atoms with E-state index in [1.807, 2.05) is 4.57 Å². The predicted octanol–water partition coefficient (Wildman–Crippen LogP) is 3.58. The zero-order valence-electron chi connectivity index (χ0n) is 15.1. The number of aromatic nitrogens is 2. The molecule has 1 fully saturated rings. The van der Waals surface area contributed by atoms with Crippen molar-refractivity contribution in [3.8, 4) is 0 Å². The van der Waals surface area contributed by atoms with E-state index in [1.54, 1.807) is 0 Å². The molecule has 154 valence electrons. The molecule has 0 radical (unpaired) electrons. The summed E-state index contributed by atoms with van der Waals surface area (Å²) >= 11 is 6.42. The lowest BCUT2D eigenvalue weighted by molar-refractivity contribution is -0.141. The SMILES string of the molecule is NC(=O)c1c(Cl)c(C2CC2)n2c1CN(C(=O)Nc1ccc(C(F)(F)F)nc1)CC2. The molecule has 0 saturated heterocycles. The van der Waals surface area contributed by atoms with Gasteiger partial charge < -0.3 is 20.5 Å². The summed E-state index contributed by atoms with van der Waals surface area (Å²) in [6.45, 7) is 0.924. The van der Waals surface area contributed by atoms with Crippen molar-refractivity contribution in [2.75, 3.05) is 11.9 Å². The minimum absolute atomic E-state index is 0.116. The van der Waals surface area contributed by atoms with Gasteiger partial charge in [0.1, 0.15) is 5.69 Å². The highest BCUT2D eigenvalue weighted by Crippen LogP contribution is 2.46. The largest absolute Gasteiger partial charge is 0.433 e. The molecule has 0 spiro atoms. The number of pyridine rings is 1. The van der Waals surface area contributed by atoms with Gasteiger partial charge in [0.25, 0.3) is 5.91 Å². The van der Waals surface area contributed by atoms with E-state index in [4.69, 9.17) is 17.3 Å². The zero-order valence-corrected chi connectivity index (χ0v) is 15.8. The molecule has 29 heavy (non-hydrogen) atoms. The summed E-state index contributed by atoms with van der Waals surface area (Å²) < 4.78 is 39.8. The van der Waals surface area contributed by atoms with Crippen LogP contribution in [0.5, 0.6) is 0 Å².